The minimum atomic E-state index is -0.0865. The Kier molecular flexibility index (Phi) is 4.42. The van der Waals surface area contributed by atoms with Gasteiger partial charge in [-0.05, 0) is 31.6 Å². The Morgan fingerprint density at radius 2 is 2.16 bits per heavy atom. The standard InChI is InChI=1S/C15H24N2O2/c1-3-15(5-4-6-15)10-16-8-13-12(9-18)7-17-11(2)14(13)19/h7,16,18-19H,3-6,8-10H2,1-2H3. The first-order chi connectivity index (χ1) is 9.12. The third-order valence-corrected chi connectivity index (χ3v) is 4.57. The molecule has 19 heavy (non-hydrogen) atoms. The molecule has 0 unspecified atom stereocenters. The number of nitrogens with zero attached hydrogens (tertiary/aromatic N) is 1. The predicted octanol–water partition coefficient (Wildman–Crippen LogP) is 2.26. The van der Waals surface area contributed by atoms with E-state index in [0.29, 0.717) is 23.2 Å². The molecule has 0 aliphatic heterocycles. The maximum absolute atomic E-state index is 10.1. The molecule has 1 fully saturated rings. The first-order valence-electron chi connectivity index (χ1n) is 7.10. The van der Waals surface area contributed by atoms with Crippen LogP contribution in [0.4, 0.5) is 0 Å². The summed E-state index contributed by atoms with van der Waals surface area (Å²) in [6.07, 6.45) is 6.77. The highest BCUT2D eigenvalue weighted by Crippen LogP contribution is 2.43. The van der Waals surface area contributed by atoms with E-state index in [2.05, 4.69) is 17.2 Å². The molecule has 1 saturated carbocycles. The molecule has 0 spiro atoms. The van der Waals surface area contributed by atoms with Crippen molar-refractivity contribution in [3.8, 4) is 5.75 Å². The minimum absolute atomic E-state index is 0.0865. The molecule has 106 valence electrons. The first-order valence-corrected chi connectivity index (χ1v) is 7.10. The van der Waals surface area contributed by atoms with Crippen molar-refractivity contribution >= 4 is 0 Å². The van der Waals surface area contributed by atoms with E-state index in [1.807, 2.05) is 0 Å². The summed E-state index contributed by atoms with van der Waals surface area (Å²) >= 11 is 0. The molecule has 0 atom stereocenters. The second-order valence-corrected chi connectivity index (χ2v) is 5.66. The summed E-state index contributed by atoms with van der Waals surface area (Å²) in [5.41, 5.74) is 2.55. The fraction of sp³-hybridized carbons (Fsp3) is 0.667. The van der Waals surface area contributed by atoms with Crippen LogP contribution in [0.3, 0.4) is 0 Å². The van der Waals surface area contributed by atoms with Crippen LogP contribution >= 0.6 is 0 Å². The van der Waals surface area contributed by atoms with Gasteiger partial charge in [0.2, 0.25) is 0 Å². The van der Waals surface area contributed by atoms with E-state index in [1.165, 1.54) is 25.7 Å². The van der Waals surface area contributed by atoms with Crippen LogP contribution in [0.2, 0.25) is 0 Å². The lowest BCUT2D eigenvalue weighted by Crippen LogP contribution is -2.39. The van der Waals surface area contributed by atoms with Crippen LogP contribution < -0.4 is 5.32 Å². The van der Waals surface area contributed by atoms with Crippen molar-refractivity contribution in [2.75, 3.05) is 6.54 Å². The molecule has 4 heteroatoms. The second kappa shape index (κ2) is 5.88. The molecule has 0 amide bonds. The van der Waals surface area contributed by atoms with Gasteiger partial charge in [-0.25, -0.2) is 0 Å². The quantitative estimate of drug-likeness (QED) is 0.737. The Morgan fingerprint density at radius 3 is 2.68 bits per heavy atom. The molecule has 0 saturated heterocycles. The zero-order chi connectivity index (χ0) is 13.9. The van der Waals surface area contributed by atoms with E-state index in [4.69, 9.17) is 0 Å². The fourth-order valence-corrected chi connectivity index (χ4v) is 2.80. The van der Waals surface area contributed by atoms with Crippen LogP contribution in [0.5, 0.6) is 5.75 Å². The molecule has 4 nitrogen and oxygen atoms in total. The maximum atomic E-state index is 10.1. The second-order valence-electron chi connectivity index (χ2n) is 5.66. The molecule has 1 aromatic heterocycles. The van der Waals surface area contributed by atoms with Gasteiger partial charge < -0.3 is 15.5 Å². The Hall–Kier alpha value is -1.13. The van der Waals surface area contributed by atoms with Gasteiger partial charge in [0.05, 0.1) is 12.3 Å². The average Bonchev–Trinajstić information content (AvgIpc) is 2.37. The van der Waals surface area contributed by atoms with E-state index < -0.39 is 0 Å². The SMILES string of the molecule is CCC1(CNCc2c(CO)cnc(C)c2O)CCC1. The maximum Gasteiger partial charge on any atom is 0.141 e. The first kappa shape index (κ1) is 14.3. The zero-order valence-corrected chi connectivity index (χ0v) is 11.9. The largest absolute Gasteiger partial charge is 0.506 e. The fourth-order valence-electron chi connectivity index (χ4n) is 2.80. The van der Waals surface area contributed by atoms with Gasteiger partial charge in [-0.2, -0.15) is 0 Å². The molecular weight excluding hydrogens is 240 g/mol. The summed E-state index contributed by atoms with van der Waals surface area (Å²) in [6.45, 7) is 5.51. The number of pyridine rings is 1. The number of hydrogen-bond acceptors (Lipinski definition) is 4. The minimum Gasteiger partial charge on any atom is -0.506 e. The number of aromatic nitrogens is 1. The third kappa shape index (κ3) is 2.90. The molecule has 0 bridgehead atoms. The van der Waals surface area contributed by atoms with Crippen molar-refractivity contribution < 1.29 is 10.2 Å². The highest BCUT2D eigenvalue weighted by molar-refractivity contribution is 5.40. The number of hydrogen-bond donors (Lipinski definition) is 3. The van der Waals surface area contributed by atoms with Crippen molar-refractivity contribution in [1.29, 1.82) is 0 Å². The molecule has 1 aliphatic carbocycles. The zero-order valence-electron chi connectivity index (χ0n) is 11.9. The Morgan fingerprint density at radius 1 is 1.42 bits per heavy atom. The van der Waals surface area contributed by atoms with E-state index in [0.717, 1.165) is 12.1 Å². The van der Waals surface area contributed by atoms with Gasteiger partial charge in [-0.15, -0.1) is 0 Å². The molecule has 1 aromatic rings. The van der Waals surface area contributed by atoms with Gasteiger partial charge in [0.15, 0.2) is 0 Å². The van der Waals surface area contributed by atoms with Gasteiger partial charge in [-0.1, -0.05) is 13.3 Å². The smallest absolute Gasteiger partial charge is 0.141 e. The monoisotopic (exact) mass is 264 g/mol. The predicted molar refractivity (Wildman–Crippen MR) is 74.8 cm³/mol. The van der Waals surface area contributed by atoms with Crippen LogP contribution in [0.1, 0.15) is 49.4 Å². The van der Waals surface area contributed by atoms with E-state index in [9.17, 15) is 10.2 Å². The number of aromatic hydroxyl groups is 1. The van der Waals surface area contributed by atoms with Gasteiger partial charge in [0.25, 0.3) is 0 Å². The number of aryl methyl sites for hydroxylation is 1. The molecule has 0 aromatic carbocycles. The normalized spacial score (nSPS) is 17.2. The summed E-state index contributed by atoms with van der Waals surface area (Å²) in [7, 11) is 0. The van der Waals surface area contributed by atoms with Gasteiger partial charge in [-0.3, -0.25) is 4.98 Å². The molecular formula is C15H24N2O2. The lowest BCUT2D eigenvalue weighted by Gasteiger charge is -2.41. The Balaban J connectivity index is 2.01. The molecule has 2 rings (SSSR count). The van der Waals surface area contributed by atoms with Crippen LogP contribution in [0, 0.1) is 12.3 Å². The summed E-state index contributed by atoms with van der Waals surface area (Å²) in [5.74, 6) is 0.207. The van der Waals surface area contributed by atoms with Crippen LogP contribution in [0.25, 0.3) is 0 Å². The van der Waals surface area contributed by atoms with Gasteiger partial charge in [0.1, 0.15) is 5.75 Å². The van der Waals surface area contributed by atoms with E-state index in [1.54, 1.807) is 13.1 Å². The van der Waals surface area contributed by atoms with Crippen LogP contribution in [-0.2, 0) is 13.2 Å². The number of aliphatic hydroxyl groups is 1. The van der Waals surface area contributed by atoms with Crippen molar-refractivity contribution in [2.24, 2.45) is 5.41 Å². The third-order valence-electron chi connectivity index (χ3n) is 4.57. The Bertz CT molecular complexity index is 437. The molecule has 3 N–H and O–H groups in total. The van der Waals surface area contributed by atoms with Crippen LogP contribution in [0.15, 0.2) is 6.20 Å². The topological polar surface area (TPSA) is 65.4 Å². The van der Waals surface area contributed by atoms with E-state index >= 15 is 0 Å². The van der Waals surface area contributed by atoms with Crippen molar-refractivity contribution in [3.63, 3.8) is 0 Å². The lowest BCUT2D eigenvalue weighted by molar-refractivity contribution is 0.123. The number of rotatable bonds is 6. The highest BCUT2D eigenvalue weighted by Gasteiger charge is 2.34. The molecule has 1 aliphatic rings. The Labute approximate surface area is 114 Å². The van der Waals surface area contributed by atoms with Crippen molar-refractivity contribution in [2.45, 2.75) is 52.7 Å². The summed E-state index contributed by atoms with van der Waals surface area (Å²) in [4.78, 5) is 4.07. The summed E-state index contributed by atoms with van der Waals surface area (Å²) < 4.78 is 0. The summed E-state index contributed by atoms with van der Waals surface area (Å²) in [6, 6.07) is 0. The van der Waals surface area contributed by atoms with E-state index in [-0.39, 0.29) is 12.4 Å². The molecule has 1 heterocycles. The highest BCUT2D eigenvalue weighted by atomic mass is 16.3. The summed E-state index contributed by atoms with van der Waals surface area (Å²) in [5, 5.41) is 22.8. The molecule has 0 radical (unpaired) electrons. The van der Waals surface area contributed by atoms with Crippen molar-refractivity contribution in [3.05, 3.63) is 23.0 Å². The lowest BCUT2D eigenvalue weighted by atomic mass is 9.67. The van der Waals surface area contributed by atoms with Gasteiger partial charge in [0, 0.05) is 30.4 Å². The number of nitrogens with one attached hydrogen (secondary N) is 1. The average molecular weight is 264 g/mol. The number of aliphatic hydroxyl groups excluding tert-OH is 1. The van der Waals surface area contributed by atoms with Crippen LogP contribution in [-0.4, -0.2) is 21.7 Å². The van der Waals surface area contributed by atoms with Crippen molar-refractivity contribution in [1.82, 2.24) is 10.3 Å². The van der Waals surface area contributed by atoms with Gasteiger partial charge >= 0.3 is 0 Å².